The normalized spacial score (nSPS) is 16.2. The number of phenolic OH excluding ortho intramolecular Hbond substituents is 1. The van der Waals surface area contributed by atoms with E-state index < -0.39 is 0 Å². The number of allylic oxidation sites excluding steroid dienone is 1. The molecule has 0 bridgehead atoms. The lowest BCUT2D eigenvalue weighted by molar-refractivity contribution is 0.352. The van der Waals surface area contributed by atoms with Crippen molar-refractivity contribution in [1.82, 2.24) is 24.8 Å². The summed E-state index contributed by atoms with van der Waals surface area (Å²) in [6, 6.07) is 9.38. The van der Waals surface area contributed by atoms with Crippen LogP contribution in [0.2, 0.25) is 0 Å². The summed E-state index contributed by atoms with van der Waals surface area (Å²) in [6.45, 7) is 10.2. The number of rotatable bonds is 3. The first-order valence-corrected chi connectivity index (χ1v) is 12.1. The molecule has 0 atom stereocenters. The van der Waals surface area contributed by atoms with Crippen LogP contribution in [0.1, 0.15) is 45.6 Å². The highest BCUT2D eigenvalue weighted by Crippen LogP contribution is 2.28. The van der Waals surface area contributed by atoms with E-state index in [0.717, 1.165) is 61.8 Å². The number of piperazine rings is 1. The molecule has 0 aliphatic carbocycles. The van der Waals surface area contributed by atoms with Crippen LogP contribution in [0, 0.1) is 0 Å². The van der Waals surface area contributed by atoms with E-state index in [1.165, 1.54) is 12.0 Å². The molecule has 1 saturated heterocycles. The Morgan fingerprint density at radius 2 is 1.82 bits per heavy atom. The molecule has 2 N–H and O–H groups in total. The summed E-state index contributed by atoms with van der Waals surface area (Å²) in [4.78, 5) is 6.52. The van der Waals surface area contributed by atoms with Crippen molar-refractivity contribution in [2.45, 2.75) is 40.0 Å². The molecule has 178 valence electrons. The number of phenols is 1. The molecule has 1 aromatic carbocycles. The van der Waals surface area contributed by atoms with E-state index >= 15 is 0 Å². The van der Waals surface area contributed by atoms with Crippen LogP contribution in [0.4, 0.5) is 0 Å². The molecule has 4 heterocycles. The van der Waals surface area contributed by atoms with Gasteiger partial charge >= 0.3 is 0 Å². The van der Waals surface area contributed by atoms with E-state index in [4.69, 9.17) is 0 Å². The first-order chi connectivity index (χ1) is 16.6. The highest BCUT2D eigenvalue weighted by atomic mass is 16.3. The third-order valence-electron chi connectivity index (χ3n) is 5.76. The van der Waals surface area contributed by atoms with Crippen molar-refractivity contribution in [3.8, 4) is 17.0 Å². The van der Waals surface area contributed by atoms with Crippen LogP contribution in [0.25, 0.3) is 16.9 Å². The zero-order chi connectivity index (χ0) is 23.9. The number of amidine groups is 1. The Morgan fingerprint density at radius 1 is 1.03 bits per heavy atom. The summed E-state index contributed by atoms with van der Waals surface area (Å²) in [7, 11) is 0. The van der Waals surface area contributed by atoms with Gasteiger partial charge in [0.15, 0.2) is 5.65 Å². The Balaban J connectivity index is 0.000000868. The van der Waals surface area contributed by atoms with Gasteiger partial charge in [-0.15, -0.1) is 10.2 Å². The molecule has 2 aliphatic heterocycles. The van der Waals surface area contributed by atoms with Crippen LogP contribution in [0.5, 0.6) is 5.75 Å². The Kier molecular flexibility index (Phi) is 7.69. The SMILES string of the molecule is CCC.CCC1=CC(c2ccc(-c3ccc4nccn4n3)cc2O)=NN=C(N2CCNCC2)C1. The van der Waals surface area contributed by atoms with Gasteiger partial charge in [0.05, 0.1) is 11.4 Å². The van der Waals surface area contributed by atoms with E-state index in [1.807, 2.05) is 24.3 Å². The number of benzene rings is 1. The fourth-order valence-electron chi connectivity index (χ4n) is 3.96. The Morgan fingerprint density at radius 3 is 2.56 bits per heavy atom. The minimum absolute atomic E-state index is 0.163. The van der Waals surface area contributed by atoms with E-state index in [-0.39, 0.29) is 5.75 Å². The molecule has 8 nitrogen and oxygen atoms in total. The third-order valence-corrected chi connectivity index (χ3v) is 5.76. The molecule has 1 fully saturated rings. The molecule has 0 spiro atoms. The number of aromatic nitrogens is 3. The van der Waals surface area contributed by atoms with Gasteiger partial charge in [-0.25, -0.2) is 9.50 Å². The second kappa shape index (κ2) is 11.1. The largest absolute Gasteiger partial charge is 0.507 e. The van der Waals surface area contributed by atoms with E-state index in [0.29, 0.717) is 11.3 Å². The molecule has 34 heavy (non-hydrogen) atoms. The van der Waals surface area contributed by atoms with Crippen LogP contribution >= 0.6 is 0 Å². The Labute approximate surface area is 200 Å². The summed E-state index contributed by atoms with van der Waals surface area (Å²) >= 11 is 0. The van der Waals surface area contributed by atoms with Gasteiger partial charge in [0.1, 0.15) is 11.6 Å². The van der Waals surface area contributed by atoms with Crippen molar-refractivity contribution in [1.29, 1.82) is 0 Å². The maximum atomic E-state index is 10.8. The minimum atomic E-state index is 0.163. The number of imidazole rings is 1. The Bertz CT molecular complexity index is 1220. The number of fused-ring (bicyclic) bond motifs is 1. The average molecular weight is 460 g/mol. The predicted octanol–water partition coefficient (Wildman–Crippen LogP) is 4.27. The van der Waals surface area contributed by atoms with Crippen LogP contribution in [-0.4, -0.2) is 62.3 Å². The van der Waals surface area contributed by atoms with Gasteiger partial charge in [0.25, 0.3) is 0 Å². The standard InChI is InChI=1S/C23H25N7O.C3H8/c1-2-16-13-20(26-27-23(14-16)29-10-7-24-8-11-29)18-4-3-17(15-21(18)31)19-5-6-22-25-9-12-30(22)28-19;1-3-2/h3-6,9,12-13,15,24,31H,2,7-8,10-11,14H2,1H3;3H2,1-2H3. The van der Waals surface area contributed by atoms with Gasteiger partial charge in [-0.05, 0) is 36.8 Å². The molecule has 0 unspecified atom stereocenters. The second-order valence-corrected chi connectivity index (χ2v) is 8.46. The number of hydrogen-bond donors (Lipinski definition) is 2. The molecule has 5 rings (SSSR count). The third kappa shape index (κ3) is 5.34. The van der Waals surface area contributed by atoms with Crippen molar-refractivity contribution in [2.75, 3.05) is 26.2 Å². The van der Waals surface area contributed by atoms with Crippen LogP contribution in [0.3, 0.4) is 0 Å². The molecular weight excluding hydrogens is 426 g/mol. The highest BCUT2D eigenvalue weighted by molar-refractivity contribution is 6.12. The summed E-state index contributed by atoms with van der Waals surface area (Å²) in [5.41, 5.74) is 4.99. The van der Waals surface area contributed by atoms with Crippen LogP contribution in [0.15, 0.2) is 64.6 Å². The summed E-state index contributed by atoms with van der Waals surface area (Å²) in [6.07, 6.45) is 8.53. The molecule has 0 radical (unpaired) electrons. The molecule has 3 aromatic rings. The van der Waals surface area contributed by atoms with Crippen molar-refractivity contribution in [3.05, 3.63) is 59.9 Å². The van der Waals surface area contributed by atoms with Gasteiger partial charge < -0.3 is 15.3 Å². The topological polar surface area (TPSA) is 90.4 Å². The zero-order valence-electron chi connectivity index (χ0n) is 20.2. The molecule has 2 aromatic heterocycles. The number of hydrogen-bond acceptors (Lipinski definition) is 7. The van der Waals surface area contributed by atoms with Gasteiger partial charge in [-0.1, -0.05) is 38.8 Å². The monoisotopic (exact) mass is 459 g/mol. The molecule has 8 heteroatoms. The minimum Gasteiger partial charge on any atom is -0.507 e. The van der Waals surface area contributed by atoms with Crippen molar-refractivity contribution < 1.29 is 5.11 Å². The molecular formula is C26H33N7O. The van der Waals surface area contributed by atoms with Gasteiger partial charge in [-0.3, -0.25) is 0 Å². The maximum absolute atomic E-state index is 10.8. The molecule has 0 saturated carbocycles. The van der Waals surface area contributed by atoms with E-state index in [1.54, 1.807) is 23.0 Å². The smallest absolute Gasteiger partial charge is 0.153 e. The van der Waals surface area contributed by atoms with Crippen molar-refractivity contribution >= 4 is 17.2 Å². The summed E-state index contributed by atoms with van der Waals surface area (Å²) in [5, 5.41) is 27.8. The lowest BCUT2D eigenvalue weighted by atomic mass is 10.0. The fraction of sp³-hybridized carbons (Fsp3) is 0.385. The summed E-state index contributed by atoms with van der Waals surface area (Å²) in [5.74, 6) is 1.16. The quantitative estimate of drug-likeness (QED) is 0.611. The van der Waals surface area contributed by atoms with Crippen LogP contribution < -0.4 is 5.32 Å². The lowest BCUT2D eigenvalue weighted by Crippen LogP contribution is -2.46. The molecule has 2 aliphatic rings. The zero-order valence-corrected chi connectivity index (χ0v) is 20.2. The van der Waals surface area contributed by atoms with Crippen LogP contribution in [-0.2, 0) is 0 Å². The van der Waals surface area contributed by atoms with E-state index in [9.17, 15) is 5.11 Å². The molecule has 0 amide bonds. The first kappa shape index (κ1) is 23.6. The number of aromatic hydroxyl groups is 1. The average Bonchev–Trinajstić information content (AvgIpc) is 3.23. The van der Waals surface area contributed by atoms with Gasteiger partial charge in [0.2, 0.25) is 0 Å². The Hall–Kier alpha value is -3.52. The number of nitrogens with zero attached hydrogens (tertiary/aromatic N) is 6. The highest BCUT2D eigenvalue weighted by Gasteiger charge is 2.19. The predicted molar refractivity (Wildman–Crippen MR) is 137 cm³/mol. The van der Waals surface area contributed by atoms with Gasteiger partial charge in [0, 0.05) is 56.1 Å². The van der Waals surface area contributed by atoms with Gasteiger partial charge in [-0.2, -0.15) is 5.10 Å². The maximum Gasteiger partial charge on any atom is 0.153 e. The van der Waals surface area contributed by atoms with Crippen molar-refractivity contribution in [2.24, 2.45) is 10.2 Å². The number of nitrogens with one attached hydrogen (secondary N) is 1. The van der Waals surface area contributed by atoms with Crippen molar-refractivity contribution in [3.63, 3.8) is 0 Å². The lowest BCUT2D eigenvalue weighted by Gasteiger charge is -2.29. The summed E-state index contributed by atoms with van der Waals surface area (Å²) < 4.78 is 1.72. The first-order valence-electron chi connectivity index (χ1n) is 12.1. The second-order valence-electron chi connectivity index (χ2n) is 8.46. The fourth-order valence-corrected chi connectivity index (χ4v) is 3.96. The van der Waals surface area contributed by atoms with E-state index in [2.05, 4.69) is 57.3 Å².